The molecule has 6 heteroatoms. The number of aliphatic hydroxyl groups is 1. The average molecular weight is 347 g/mol. The maximum Gasteiger partial charge on any atom is 0.261 e. The highest BCUT2D eigenvalue weighted by atomic mass is 16.3. The molecule has 0 unspecified atom stereocenters. The number of fused-ring (bicyclic) bond motifs is 1. The smallest absolute Gasteiger partial charge is 0.261 e. The molecule has 2 aromatic carbocycles. The Labute approximate surface area is 149 Å². The third-order valence-corrected chi connectivity index (χ3v) is 4.28. The van der Waals surface area contributed by atoms with Crippen LogP contribution in [0.15, 0.2) is 64.3 Å². The molecule has 130 valence electrons. The zero-order valence-corrected chi connectivity index (χ0v) is 14.2. The molecule has 0 radical (unpaired) electrons. The van der Waals surface area contributed by atoms with Crippen LogP contribution in [-0.2, 0) is 13.2 Å². The Kier molecular flexibility index (Phi) is 4.10. The van der Waals surface area contributed by atoms with Gasteiger partial charge in [-0.1, -0.05) is 35.9 Å². The van der Waals surface area contributed by atoms with E-state index in [1.165, 1.54) is 22.7 Å². The van der Waals surface area contributed by atoms with E-state index in [9.17, 15) is 4.79 Å². The Morgan fingerprint density at radius 2 is 1.88 bits per heavy atom. The normalized spacial score (nSPS) is 11.2. The van der Waals surface area contributed by atoms with Gasteiger partial charge in [0.05, 0.1) is 23.8 Å². The quantitative estimate of drug-likeness (QED) is 0.614. The van der Waals surface area contributed by atoms with Crippen LogP contribution in [0.25, 0.3) is 22.0 Å². The Balaban J connectivity index is 1.75. The summed E-state index contributed by atoms with van der Waals surface area (Å²) < 4.78 is 6.72. The number of rotatable bonds is 4. The van der Waals surface area contributed by atoms with Crippen LogP contribution in [0.2, 0.25) is 0 Å². The predicted molar refractivity (Wildman–Crippen MR) is 97.7 cm³/mol. The molecule has 2 heterocycles. The van der Waals surface area contributed by atoms with Gasteiger partial charge in [-0.25, -0.2) is 9.97 Å². The Morgan fingerprint density at radius 1 is 1.12 bits per heavy atom. The molecule has 0 spiro atoms. The van der Waals surface area contributed by atoms with Crippen molar-refractivity contribution in [1.29, 1.82) is 0 Å². The Morgan fingerprint density at radius 3 is 2.62 bits per heavy atom. The van der Waals surface area contributed by atoms with Gasteiger partial charge in [0.1, 0.15) is 18.5 Å². The minimum atomic E-state index is -0.200. The number of hydrogen-bond donors (Lipinski definition) is 1. The van der Waals surface area contributed by atoms with Crippen LogP contribution in [0, 0.1) is 6.92 Å². The number of aromatic nitrogens is 3. The fourth-order valence-electron chi connectivity index (χ4n) is 2.84. The van der Waals surface area contributed by atoms with E-state index < -0.39 is 0 Å². The first-order valence-electron chi connectivity index (χ1n) is 8.24. The van der Waals surface area contributed by atoms with Crippen molar-refractivity contribution in [2.24, 2.45) is 0 Å². The summed E-state index contributed by atoms with van der Waals surface area (Å²) >= 11 is 0. The molecule has 4 rings (SSSR count). The molecule has 0 atom stereocenters. The van der Waals surface area contributed by atoms with Gasteiger partial charge >= 0.3 is 0 Å². The van der Waals surface area contributed by atoms with Gasteiger partial charge in [-0.15, -0.1) is 0 Å². The van der Waals surface area contributed by atoms with E-state index in [-0.39, 0.29) is 18.7 Å². The molecule has 0 aliphatic heterocycles. The van der Waals surface area contributed by atoms with E-state index in [1.54, 1.807) is 0 Å². The number of oxazole rings is 1. The lowest BCUT2D eigenvalue weighted by Gasteiger charge is -2.07. The topological polar surface area (TPSA) is 81.2 Å². The van der Waals surface area contributed by atoms with E-state index in [4.69, 9.17) is 9.52 Å². The second kappa shape index (κ2) is 6.57. The molecule has 0 fully saturated rings. The third-order valence-electron chi connectivity index (χ3n) is 4.28. The number of hydrogen-bond acceptors (Lipinski definition) is 5. The fraction of sp³-hybridized carbons (Fsp3) is 0.150. The van der Waals surface area contributed by atoms with Crippen LogP contribution in [0.5, 0.6) is 0 Å². The summed E-state index contributed by atoms with van der Waals surface area (Å²) in [5, 5.41) is 9.61. The first-order chi connectivity index (χ1) is 12.6. The summed E-state index contributed by atoms with van der Waals surface area (Å²) in [7, 11) is 0. The molecule has 0 aliphatic carbocycles. The summed E-state index contributed by atoms with van der Waals surface area (Å²) in [6.07, 6.45) is 2.86. The number of nitrogens with zero attached hydrogens (tertiary/aromatic N) is 3. The summed E-state index contributed by atoms with van der Waals surface area (Å²) in [5.41, 5.74) is 4.12. The largest absolute Gasteiger partial charge is 0.447 e. The molecule has 0 bridgehead atoms. The van der Waals surface area contributed by atoms with Crippen LogP contribution in [0.1, 0.15) is 17.1 Å². The Hall–Kier alpha value is -3.25. The monoisotopic (exact) mass is 347 g/mol. The lowest BCUT2D eigenvalue weighted by Crippen LogP contribution is -2.21. The first-order valence-corrected chi connectivity index (χ1v) is 8.24. The van der Waals surface area contributed by atoms with Crippen LogP contribution in [0.3, 0.4) is 0 Å². The number of aliphatic hydroxyl groups excluding tert-OH is 1. The average Bonchev–Trinajstić information content (AvgIpc) is 3.12. The third kappa shape index (κ3) is 3.02. The van der Waals surface area contributed by atoms with Crippen LogP contribution < -0.4 is 5.56 Å². The highest BCUT2D eigenvalue weighted by Gasteiger charge is 2.10. The fourth-order valence-corrected chi connectivity index (χ4v) is 2.84. The van der Waals surface area contributed by atoms with Gasteiger partial charge in [0.2, 0.25) is 5.89 Å². The van der Waals surface area contributed by atoms with Crippen molar-refractivity contribution in [3.63, 3.8) is 0 Å². The molecule has 2 aromatic heterocycles. The van der Waals surface area contributed by atoms with Crippen LogP contribution in [0.4, 0.5) is 0 Å². The molecule has 6 nitrogen and oxygen atoms in total. The summed E-state index contributed by atoms with van der Waals surface area (Å²) in [6, 6.07) is 13.8. The van der Waals surface area contributed by atoms with Crippen molar-refractivity contribution < 1.29 is 9.52 Å². The van der Waals surface area contributed by atoms with Crippen molar-refractivity contribution in [3.05, 3.63) is 82.6 Å². The summed E-state index contributed by atoms with van der Waals surface area (Å²) in [4.78, 5) is 21.3. The van der Waals surface area contributed by atoms with Gasteiger partial charge in [0.15, 0.2) is 0 Å². The predicted octanol–water partition coefficient (Wildman–Crippen LogP) is 2.90. The molecule has 4 aromatic rings. The van der Waals surface area contributed by atoms with Crippen molar-refractivity contribution >= 4 is 10.9 Å². The molecular weight excluding hydrogens is 330 g/mol. The molecule has 1 N–H and O–H groups in total. The van der Waals surface area contributed by atoms with Gasteiger partial charge in [0.25, 0.3) is 5.56 Å². The molecule has 0 saturated carbocycles. The molecule has 0 amide bonds. The van der Waals surface area contributed by atoms with Crippen LogP contribution >= 0.6 is 0 Å². The number of aryl methyl sites for hydroxylation is 1. The first kappa shape index (κ1) is 16.2. The Bertz CT molecular complexity index is 1130. The second-order valence-corrected chi connectivity index (χ2v) is 6.17. The SMILES string of the molecule is Cc1ccc(-c2ccc3ncn(Cc4nc(CO)co4)c(=O)c3c2)cc1. The summed E-state index contributed by atoms with van der Waals surface area (Å²) in [6.45, 7) is 2.00. The number of benzene rings is 2. The molecular formula is C20H17N3O3. The van der Waals surface area contributed by atoms with Gasteiger partial charge in [-0.2, -0.15) is 0 Å². The summed E-state index contributed by atoms with van der Waals surface area (Å²) in [5.74, 6) is 0.354. The van der Waals surface area contributed by atoms with Gasteiger partial charge in [0, 0.05) is 0 Å². The maximum absolute atomic E-state index is 12.9. The lowest BCUT2D eigenvalue weighted by atomic mass is 10.0. The van der Waals surface area contributed by atoms with Crippen molar-refractivity contribution in [3.8, 4) is 11.1 Å². The minimum Gasteiger partial charge on any atom is -0.447 e. The van der Waals surface area contributed by atoms with Crippen molar-refractivity contribution in [2.75, 3.05) is 0 Å². The van der Waals surface area contributed by atoms with Gasteiger partial charge in [-0.05, 0) is 30.2 Å². The van der Waals surface area contributed by atoms with Crippen LogP contribution in [-0.4, -0.2) is 19.6 Å². The van der Waals surface area contributed by atoms with E-state index in [0.717, 1.165) is 11.1 Å². The molecule has 0 aliphatic rings. The molecule has 0 saturated heterocycles. The van der Waals surface area contributed by atoms with Crippen molar-refractivity contribution in [2.45, 2.75) is 20.1 Å². The second-order valence-electron chi connectivity index (χ2n) is 6.17. The van der Waals surface area contributed by atoms with Gasteiger partial charge in [-0.3, -0.25) is 9.36 Å². The molecule has 26 heavy (non-hydrogen) atoms. The lowest BCUT2D eigenvalue weighted by molar-refractivity contribution is 0.276. The van der Waals surface area contributed by atoms with E-state index in [2.05, 4.69) is 9.97 Å². The van der Waals surface area contributed by atoms with Crippen molar-refractivity contribution in [1.82, 2.24) is 14.5 Å². The zero-order valence-electron chi connectivity index (χ0n) is 14.2. The van der Waals surface area contributed by atoms with E-state index in [0.29, 0.717) is 22.5 Å². The standard InChI is InChI=1S/C20H17N3O3/c1-13-2-4-14(5-3-13)15-6-7-18-17(8-15)20(25)23(12-21-18)9-19-22-16(10-24)11-26-19/h2-8,11-12,24H,9-10H2,1H3. The maximum atomic E-state index is 12.9. The van der Waals surface area contributed by atoms with E-state index >= 15 is 0 Å². The van der Waals surface area contributed by atoms with E-state index in [1.807, 2.05) is 49.4 Å². The zero-order chi connectivity index (χ0) is 18.1. The van der Waals surface area contributed by atoms with Gasteiger partial charge < -0.3 is 9.52 Å². The minimum absolute atomic E-state index is 0.160. The highest BCUT2D eigenvalue weighted by Crippen LogP contribution is 2.22. The highest BCUT2D eigenvalue weighted by molar-refractivity contribution is 5.83.